The lowest BCUT2D eigenvalue weighted by Crippen LogP contribution is -2.59. The molecule has 1 aliphatic carbocycles. The second-order valence-corrected chi connectivity index (χ2v) is 13.5. The monoisotopic (exact) mass is 619 g/mol. The van der Waals surface area contributed by atoms with Crippen LogP contribution in [-0.4, -0.2) is 54.5 Å². The second kappa shape index (κ2) is 12.9. The number of amides is 2. The zero-order valence-electron chi connectivity index (χ0n) is 24.9. The lowest BCUT2D eigenvalue weighted by atomic mass is 9.75. The maximum atomic E-state index is 14.4. The molecule has 0 radical (unpaired) electrons. The van der Waals surface area contributed by atoms with Crippen molar-refractivity contribution in [3.63, 3.8) is 0 Å². The van der Waals surface area contributed by atoms with Gasteiger partial charge in [0.1, 0.15) is 0 Å². The van der Waals surface area contributed by atoms with Gasteiger partial charge < -0.3 is 10.0 Å². The SMILES string of the molecule is Cc1ccc([C@H]2[C@H](C(=O)NOCc3cccc(C(=O)O)c3)c3ccccc3C(=O)N2[C@H]2CCCC[C@@H]2NS(C)(=O)=O)c(C)c1. The summed E-state index contributed by atoms with van der Waals surface area (Å²) in [5, 5.41) is 9.32. The number of aromatic carboxylic acids is 1. The minimum Gasteiger partial charge on any atom is -0.478 e. The molecule has 0 spiro atoms. The third-order valence-corrected chi connectivity index (χ3v) is 9.17. The second-order valence-electron chi connectivity index (χ2n) is 11.7. The Balaban J connectivity index is 1.56. The van der Waals surface area contributed by atoms with Crippen LogP contribution in [0.15, 0.2) is 66.7 Å². The maximum Gasteiger partial charge on any atom is 0.335 e. The van der Waals surface area contributed by atoms with Crippen molar-refractivity contribution in [2.75, 3.05) is 6.26 Å². The number of rotatable bonds is 9. The Bertz CT molecular complexity index is 1690. The van der Waals surface area contributed by atoms with Gasteiger partial charge in [0.05, 0.1) is 30.4 Å². The molecule has 232 valence electrons. The Hall–Kier alpha value is -4.06. The van der Waals surface area contributed by atoms with Crippen LogP contribution in [0, 0.1) is 13.8 Å². The summed E-state index contributed by atoms with van der Waals surface area (Å²) in [5.74, 6) is -2.68. The highest BCUT2D eigenvalue weighted by atomic mass is 32.2. The van der Waals surface area contributed by atoms with Crippen LogP contribution in [0.25, 0.3) is 0 Å². The van der Waals surface area contributed by atoms with E-state index in [0.29, 0.717) is 29.5 Å². The third-order valence-electron chi connectivity index (χ3n) is 8.44. The number of hydrogen-bond acceptors (Lipinski definition) is 6. The van der Waals surface area contributed by atoms with E-state index < -0.39 is 45.9 Å². The molecule has 0 aromatic heterocycles. The number of benzene rings is 3. The molecule has 3 N–H and O–H groups in total. The van der Waals surface area contributed by atoms with Gasteiger partial charge in [0.15, 0.2) is 0 Å². The summed E-state index contributed by atoms with van der Waals surface area (Å²) >= 11 is 0. The molecule has 10 nitrogen and oxygen atoms in total. The minimum absolute atomic E-state index is 0.0684. The highest BCUT2D eigenvalue weighted by Gasteiger charge is 2.49. The van der Waals surface area contributed by atoms with Gasteiger partial charge in [-0.1, -0.05) is 66.9 Å². The number of nitrogens with one attached hydrogen (secondary N) is 2. The molecule has 2 aliphatic rings. The molecule has 0 unspecified atom stereocenters. The van der Waals surface area contributed by atoms with E-state index >= 15 is 0 Å². The Morgan fingerprint density at radius 1 is 0.977 bits per heavy atom. The van der Waals surface area contributed by atoms with Gasteiger partial charge in [-0.3, -0.25) is 14.4 Å². The number of hydrogen-bond donors (Lipinski definition) is 3. The number of carboxylic acid groups (broad SMARTS) is 1. The fraction of sp³-hybridized carbons (Fsp3) is 0.364. The van der Waals surface area contributed by atoms with Crippen molar-refractivity contribution in [2.24, 2.45) is 0 Å². The summed E-state index contributed by atoms with van der Waals surface area (Å²) in [5.41, 5.74) is 6.89. The van der Waals surface area contributed by atoms with Gasteiger partial charge in [-0.2, -0.15) is 0 Å². The van der Waals surface area contributed by atoms with Crippen LogP contribution < -0.4 is 10.2 Å². The van der Waals surface area contributed by atoms with E-state index in [-0.39, 0.29) is 18.1 Å². The van der Waals surface area contributed by atoms with Crippen LogP contribution in [0.4, 0.5) is 0 Å². The van der Waals surface area contributed by atoms with E-state index in [1.807, 2.05) is 32.0 Å². The first-order chi connectivity index (χ1) is 20.9. The summed E-state index contributed by atoms with van der Waals surface area (Å²) in [4.78, 5) is 47.3. The Kier molecular flexibility index (Phi) is 9.19. The van der Waals surface area contributed by atoms with Crippen molar-refractivity contribution < 1.29 is 32.7 Å². The van der Waals surface area contributed by atoms with E-state index in [2.05, 4.69) is 10.2 Å². The molecule has 0 saturated heterocycles. The predicted molar refractivity (Wildman–Crippen MR) is 164 cm³/mol. The van der Waals surface area contributed by atoms with Crippen molar-refractivity contribution in [3.05, 3.63) is 106 Å². The Labute approximate surface area is 257 Å². The standard InChI is InChI=1S/C33H37N3O7S/c1-20-15-16-24(21(2)17-20)30-29(31(37)34-43-19-22-9-8-10-23(18-22)33(39)40)25-11-4-5-12-26(25)32(38)36(30)28-14-7-6-13-27(28)35-44(3,41)42/h4-5,8-12,15-18,27-30,35H,6-7,13-14,19H2,1-3H3,(H,34,37)(H,39,40)/t27-,28-,29+,30-/m0/s1. The van der Waals surface area contributed by atoms with E-state index in [1.165, 1.54) is 12.1 Å². The van der Waals surface area contributed by atoms with Crippen molar-refractivity contribution in [1.82, 2.24) is 15.1 Å². The predicted octanol–water partition coefficient (Wildman–Crippen LogP) is 4.39. The summed E-state index contributed by atoms with van der Waals surface area (Å²) in [6.07, 6.45) is 3.89. The van der Waals surface area contributed by atoms with Gasteiger partial charge in [-0.15, -0.1) is 0 Å². The Morgan fingerprint density at radius 3 is 2.45 bits per heavy atom. The van der Waals surface area contributed by atoms with Crippen molar-refractivity contribution in [3.8, 4) is 0 Å². The van der Waals surface area contributed by atoms with Gasteiger partial charge >= 0.3 is 5.97 Å². The smallest absolute Gasteiger partial charge is 0.335 e. The van der Waals surface area contributed by atoms with E-state index in [0.717, 1.165) is 35.8 Å². The topological polar surface area (TPSA) is 142 Å². The molecule has 0 bridgehead atoms. The lowest BCUT2D eigenvalue weighted by molar-refractivity contribution is -0.138. The maximum absolute atomic E-state index is 14.4. The first-order valence-corrected chi connectivity index (χ1v) is 16.5. The lowest BCUT2D eigenvalue weighted by Gasteiger charge is -2.49. The fourth-order valence-corrected chi connectivity index (χ4v) is 7.42. The molecule has 5 rings (SSSR count). The van der Waals surface area contributed by atoms with Gasteiger partial charge in [-0.25, -0.2) is 23.4 Å². The molecule has 3 aromatic carbocycles. The zero-order chi connectivity index (χ0) is 31.6. The number of carboxylic acids is 1. The quantitative estimate of drug-likeness (QED) is 0.302. The molecule has 1 fully saturated rings. The van der Waals surface area contributed by atoms with Gasteiger partial charge in [0.25, 0.3) is 11.8 Å². The summed E-state index contributed by atoms with van der Waals surface area (Å²) in [7, 11) is -3.57. The minimum atomic E-state index is -3.57. The van der Waals surface area contributed by atoms with Crippen molar-refractivity contribution >= 4 is 27.8 Å². The molecule has 11 heteroatoms. The Morgan fingerprint density at radius 2 is 1.73 bits per heavy atom. The van der Waals surface area contributed by atoms with Crippen LogP contribution in [0.1, 0.15) is 86.2 Å². The normalized spacial score (nSPS) is 21.9. The molecule has 4 atom stereocenters. The molecule has 2 amide bonds. The van der Waals surface area contributed by atoms with Gasteiger partial charge in [0.2, 0.25) is 10.0 Å². The molecular formula is C33H37N3O7S. The van der Waals surface area contributed by atoms with Crippen molar-refractivity contribution in [2.45, 2.75) is 70.2 Å². The number of carbonyl (C=O) groups is 3. The van der Waals surface area contributed by atoms with Crippen LogP contribution in [0.2, 0.25) is 0 Å². The largest absolute Gasteiger partial charge is 0.478 e. The van der Waals surface area contributed by atoms with E-state index in [1.54, 1.807) is 41.3 Å². The van der Waals surface area contributed by atoms with Crippen LogP contribution >= 0.6 is 0 Å². The number of aryl methyl sites for hydroxylation is 2. The van der Waals surface area contributed by atoms with Gasteiger partial charge in [0, 0.05) is 17.6 Å². The van der Waals surface area contributed by atoms with Crippen molar-refractivity contribution in [1.29, 1.82) is 0 Å². The number of carbonyl (C=O) groups excluding carboxylic acids is 2. The van der Waals surface area contributed by atoms with Crippen LogP contribution in [0.5, 0.6) is 0 Å². The fourth-order valence-electron chi connectivity index (χ4n) is 6.59. The molecule has 1 aliphatic heterocycles. The number of fused-ring (bicyclic) bond motifs is 1. The number of nitrogens with zero attached hydrogens (tertiary/aromatic N) is 1. The van der Waals surface area contributed by atoms with E-state index in [4.69, 9.17) is 4.84 Å². The first-order valence-electron chi connectivity index (χ1n) is 14.6. The average molecular weight is 620 g/mol. The number of hydroxylamine groups is 1. The van der Waals surface area contributed by atoms with Crippen LogP contribution in [-0.2, 0) is 26.3 Å². The highest BCUT2D eigenvalue weighted by Crippen LogP contribution is 2.46. The first kappa shape index (κ1) is 31.4. The van der Waals surface area contributed by atoms with Gasteiger partial charge in [-0.05, 0) is 67.1 Å². The molecule has 1 heterocycles. The number of sulfonamides is 1. The molecule has 1 saturated carbocycles. The molecule has 44 heavy (non-hydrogen) atoms. The summed E-state index contributed by atoms with van der Waals surface area (Å²) in [6.45, 7) is 3.85. The average Bonchev–Trinajstić information content (AvgIpc) is 2.97. The summed E-state index contributed by atoms with van der Waals surface area (Å²) in [6, 6.07) is 17.4. The van der Waals surface area contributed by atoms with Crippen LogP contribution in [0.3, 0.4) is 0 Å². The van der Waals surface area contributed by atoms with E-state index in [9.17, 15) is 27.9 Å². The molecular weight excluding hydrogens is 582 g/mol. The zero-order valence-corrected chi connectivity index (χ0v) is 25.8. The highest BCUT2D eigenvalue weighted by molar-refractivity contribution is 7.88. The summed E-state index contributed by atoms with van der Waals surface area (Å²) < 4.78 is 27.5. The third kappa shape index (κ3) is 6.69. The molecule has 3 aromatic rings.